The van der Waals surface area contributed by atoms with Crippen LogP contribution in [0.5, 0.6) is 5.75 Å². The summed E-state index contributed by atoms with van der Waals surface area (Å²) < 4.78 is 5.17. The molecule has 0 radical (unpaired) electrons. The molecule has 0 saturated carbocycles. The molecule has 0 bridgehead atoms. The van der Waals surface area contributed by atoms with E-state index in [0.717, 1.165) is 11.3 Å². The van der Waals surface area contributed by atoms with Crippen LogP contribution in [0.15, 0.2) is 29.6 Å². The Labute approximate surface area is 122 Å². The first-order valence-electron chi connectivity index (χ1n) is 4.83. The van der Waals surface area contributed by atoms with Gasteiger partial charge in [-0.25, -0.2) is 0 Å². The minimum Gasteiger partial charge on any atom is -0.496 e. The van der Waals surface area contributed by atoms with Crippen molar-refractivity contribution in [3.8, 4) is 5.75 Å². The monoisotopic (exact) mass is 350 g/mol. The molecule has 0 aliphatic heterocycles. The standard InChI is InChI=1S/C12H9BrCl2OS/c1-16-8-5-11(17-6-8)12(13)7-2-3-9(14)10(15)4-7/h2-6,12H,1H3. The number of methoxy groups -OCH3 is 1. The number of hydrogen-bond donors (Lipinski definition) is 0. The second kappa shape index (κ2) is 5.61. The summed E-state index contributed by atoms with van der Waals surface area (Å²) in [5, 5.41) is 3.11. The smallest absolute Gasteiger partial charge is 0.129 e. The van der Waals surface area contributed by atoms with Gasteiger partial charge in [0.05, 0.1) is 22.0 Å². The Balaban J connectivity index is 2.29. The lowest BCUT2D eigenvalue weighted by atomic mass is 10.1. The highest BCUT2D eigenvalue weighted by Crippen LogP contribution is 2.38. The van der Waals surface area contributed by atoms with Crippen LogP contribution in [-0.2, 0) is 0 Å². The maximum atomic E-state index is 6.00. The Hall–Kier alpha value is -0.220. The van der Waals surface area contributed by atoms with E-state index >= 15 is 0 Å². The SMILES string of the molecule is COc1csc(C(Br)c2ccc(Cl)c(Cl)c2)c1. The van der Waals surface area contributed by atoms with E-state index in [9.17, 15) is 0 Å². The van der Waals surface area contributed by atoms with Crippen LogP contribution >= 0.6 is 50.5 Å². The van der Waals surface area contributed by atoms with Gasteiger partial charge in [-0.3, -0.25) is 0 Å². The predicted octanol–water partition coefficient (Wildman–Crippen LogP) is 5.55. The second-order valence-electron chi connectivity index (χ2n) is 3.43. The van der Waals surface area contributed by atoms with Gasteiger partial charge in [-0.2, -0.15) is 0 Å². The molecule has 0 spiro atoms. The van der Waals surface area contributed by atoms with Gasteiger partial charge in [-0.15, -0.1) is 11.3 Å². The largest absolute Gasteiger partial charge is 0.496 e. The van der Waals surface area contributed by atoms with Crippen molar-refractivity contribution in [2.24, 2.45) is 0 Å². The van der Waals surface area contributed by atoms with Gasteiger partial charge >= 0.3 is 0 Å². The van der Waals surface area contributed by atoms with Crippen molar-refractivity contribution in [2.45, 2.75) is 4.83 Å². The summed E-state index contributed by atoms with van der Waals surface area (Å²) in [6.07, 6.45) is 0. The molecule has 0 aliphatic rings. The molecule has 5 heteroatoms. The lowest BCUT2D eigenvalue weighted by Gasteiger charge is -2.08. The Bertz CT molecular complexity index is 527. The third kappa shape index (κ3) is 2.97. The zero-order chi connectivity index (χ0) is 12.4. The van der Waals surface area contributed by atoms with Crippen LogP contribution in [-0.4, -0.2) is 7.11 Å². The van der Waals surface area contributed by atoms with Gasteiger partial charge in [-0.05, 0) is 23.8 Å². The topological polar surface area (TPSA) is 9.23 Å². The molecule has 1 aromatic heterocycles. The maximum absolute atomic E-state index is 6.00. The summed E-state index contributed by atoms with van der Waals surface area (Å²) in [6, 6.07) is 7.64. The second-order valence-corrected chi connectivity index (χ2v) is 6.10. The Morgan fingerprint density at radius 3 is 2.59 bits per heavy atom. The number of ether oxygens (including phenoxy) is 1. The summed E-state index contributed by atoms with van der Waals surface area (Å²) in [4.78, 5) is 1.27. The summed E-state index contributed by atoms with van der Waals surface area (Å²) in [5.41, 5.74) is 1.07. The number of alkyl halides is 1. The third-order valence-corrected chi connectivity index (χ3v) is 5.36. The Kier molecular flexibility index (Phi) is 4.36. The fraction of sp³-hybridized carbons (Fsp3) is 0.167. The Morgan fingerprint density at radius 2 is 2.00 bits per heavy atom. The minimum atomic E-state index is 0.103. The van der Waals surface area contributed by atoms with Crippen LogP contribution in [0.4, 0.5) is 0 Å². The molecule has 1 aromatic carbocycles. The number of hydrogen-bond acceptors (Lipinski definition) is 2. The van der Waals surface area contributed by atoms with Gasteiger partial charge in [0.2, 0.25) is 0 Å². The Morgan fingerprint density at radius 1 is 1.24 bits per heavy atom. The molecule has 1 heterocycles. The fourth-order valence-corrected chi connectivity index (χ4v) is 3.31. The van der Waals surface area contributed by atoms with Gasteiger partial charge in [-0.1, -0.05) is 45.2 Å². The molecule has 1 unspecified atom stereocenters. The molecule has 0 saturated heterocycles. The average Bonchev–Trinajstić information content (AvgIpc) is 2.80. The number of halogens is 3. The summed E-state index contributed by atoms with van der Waals surface area (Å²) in [6.45, 7) is 0. The first-order chi connectivity index (χ1) is 8.11. The normalized spacial score (nSPS) is 12.5. The molecule has 0 aliphatic carbocycles. The first-order valence-corrected chi connectivity index (χ1v) is 7.38. The molecule has 17 heavy (non-hydrogen) atoms. The first kappa shape index (κ1) is 13.2. The van der Waals surface area contributed by atoms with Gasteiger partial charge < -0.3 is 4.74 Å². The number of thiophene rings is 1. The van der Waals surface area contributed by atoms with E-state index in [1.54, 1.807) is 24.5 Å². The molecule has 0 amide bonds. The molecule has 2 aromatic rings. The molecule has 2 rings (SSSR count). The molecular formula is C12H9BrCl2OS. The van der Waals surface area contributed by atoms with E-state index in [1.165, 1.54) is 4.88 Å². The summed E-state index contributed by atoms with van der Waals surface area (Å²) in [7, 11) is 1.66. The summed E-state index contributed by atoms with van der Waals surface area (Å²) >= 11 is 17.2. The van der Waals surface area contributed by atoms with Crippen LogP contribution in [0.25, 0.3) is 0 Å². The maximum Gasteiger partial charge on any atom is 0.129 e. The van der Waals surface area contributed by atoms with Crippen molar-refractivity contribution < 1.29 is 4.74 Å². The van der Waals surface area contributed by atoms with Gasteiger partial charge in [0.1, 0.15) is 5.75 Å². The predicted molar refractivity (Wildman–Crippen MR) is 78.1 cm³/mol. The van der Waals surface area contributed by atoms with Crippen LogP contribution in [0.2, 0.25) is 10.0 Å². The van der Waals surface area contributed by atoms with Crippen LogP contribution in [0, 0.1) is 0 Å². The van der Waals surface area contributed by atoms with E-state index in [4.69, 9.17) is 27.9 Å². The van der Waals surface area contributed by atoms with E-state index < -0.39 is 0 Å². The molecule has 1 nitrogen and oxygen atoms in total. The van der Waals surface area contributed by atoms with E-state index in [1.807, 2.05) is 23.6 Å². The van der Waals surface area contributed by atoms with Gasteiger partial charge in [0, 0.05) is 10.3 Å². The molecule has 0 N–H and O–H groups in total. The molecule has 1 atom stereocenters. The van der Waals surface area contributed by atoms with Gasteiger partial charge in [0.15, 0.2) is 0 Å². The van der Waals surface area contributed by atoms with Crippen LogP contribution in [0.3, 0.4) is 0 Å². The molecule has 90 valence electrons. The molecule has 0 fully saturated rings. The van der Waals surface area contributed by atoms with Crippen molar-refractivity contribution in [1.82, 2.24) is 0 Å². The lowest BCUT2D eigenvalue weighted by Crippen LogP contribution is -1.89. The summed E-state index contributed by atoms with van der Waals surface area (Å²) in [5.74, 6) is 0.870. The zero-order valence-electron chi connectivity index (χ0n) is 8.91. The van der Waals surface area contributed by atoms with E-state index in [2.05, 4.69) is 15.9 Å². The highest BCUT2D eigenvalue weighted by molar-refractivity contribution is 9.09. The van der Waals surface area contributed by atoms with Crippen molar-refractivity contribution >= 4 is 50.5 Å². The minimum absolute atomic E-state index is 0.103. The van der Waals surface area contributed by atoms with Crippen LogP contribution < -0.4 is 4.74 Å². The lowest BCUT2D eigenvalue weighted by molar-refractivity contribution is 0.416. The third-order valence-electron chi connectivity index (χ3n) is 2.32. The average molecular weight is 352 g/mol. The number of benzene rings is 1. The van der Waals surface area contributed by atoms with Crippen molar-refractivity contribution in [3.63, 3.8) is 0 Å². The van der Waals surface area contributed by atoms with E-state index in [-0.39, 0.29) is 4.83 Å². The van der Waals surface area contributed by atoms with Crippen molar-refractivity contribution in [2.75, 3.05) is 7.11 Å². The quantitative estimate of drug-likeness (QED) is 0.659. The van der Waals surface area contributed by atoms with Crippen molar-refractivity contribution in [1.29, 1.82) is 0 Å². The van der Waals surface area contributed by atoms with Gasteiger partial charge in [0.25, 0.3) is 0 Å². The van der Waals surface area contributed by atoms with Crippen LogP contribution in [0.1, 0.15) is 15.3 Å². The highest BCUT2D eigenvalue weighted by Gasteiger charge is 2.14. The highest BCUT2D eigenvalue weighted by atomic mass is 79.9. The fourth-order valence-electron chi connectivity index (χ4n) is 1.41. The van der Waals surface area contributed by atoms with E-state index in [0.29, 0.717) is 10.0 Å². The van der Waals surface area contributed by atoms with Crippen molar-refractivity contribution in [3.05, 3.63) is 50.1 Å². The zero-order valence-corrected chi connectivity index (χ0v) is 12.8. The molecular weight excluding hydrogens is 343 g/mol. The number of rotatable bonds is 3.